The third-order valence-electron chi connectivity index (χ3n) is 5.50. The summed E-state index contributed by atoms with van der Waals surface area (Å²) in [5.41, 5.74) is 2.80. The third-order valence-corrected chi connectivity index (χ3v) is 6.58. The first-order chi connectivity index (χ1) is 15.4. The molecule has 4 rings (SSSR count). The van der Waals surface area contributed by atoms with Crippen LogP contribution in [0.2, 0.25) is 0 Å². The zero-order valence-corrected chi connectivity index (χ0v) is 18.7. The third kappa shape index (κ3) is 5.11. The second-order valence-corrected chi connectivity index (χ2v) is 8.93. The van der Waals surface area contributed by atoms with Crippen molar-refractivity contribution in [2.75, 3.05) is 23.7 Å². The number of hydrogen-bond donors (Lipinski definition) is 2. The number of anilines is 2. The molecule has 0 unspecified atom stereocenters. The number of urea groups is 1. The van der Waals surface area contributed by atoms with E-state index < -0.39 is 0 Å². The van der Waals surface area contributed by atoms with Crippen molar-refractivity contribution in [2.24, 2.45) is 0 Å². The van der Waals surface area contributed by atoms with E-state index in [9.17, 15) is 14.0 Å². The predicted molar refractivity (Wildman–Crippen MR) is 123 cm³/mol. The van der Waals surface area contributed by atoms with E-state index in [-0.39, 0.29) is 23.7 Å². The minimum atomic E-state index is -0.347. The summed E-state index contributed by atoms with van der Waals surface area (Å²) in [5.74, 6) is -0.478. The lowest BCUT2D eigenvalue weighted by Crippen LogP contribution is -2.40. The highest BCUT2D eigenvalue weighted by molar-refractivity contribution is 7.13. The van der Waals surface area contributed by atoms with E-state index >= 15 is 0 Å². The molecule has 1 aliphatic heterocycles. The van der Waals surface area contributed by atoms with Gasteiger partial charge in [-0.05, 0) is 56.5 Å². The Bertz CT molecular complexity index is 1120. The van der Waals surface area contributed by atoms with Crippen molar-refractivity contribution in [3.8, 4) is 0 Å². The first-order valence-electron chi connectivity index (χ1n) is 10.4. The van der Waals surface area contributed by atoms with Crippen LogP contribution in [0.4, 0.5) is 20.6 Å². The molecule has 0 saturated carbocycles. The SMILES string of the molecule is Cc1ccc(NC(=O)c2nnc(C3CCN(C(=O)Nc4ccc(C)c(F)c4)CC3)s2)cc1. The van der Waals surface area contributed by atoms with Gasteiger partial charge in [-0.25, -0.2) is 9.18 Å². The average Bonchev–Trinajstić information content (AvgIpc) is 3.28. The van der Waals surface area contributed by atoms with Gasteiger partial charge in [0.15, 0.2) is 0 Å². The second kappa shape index (κ2) is 9.44. The van der Waals surface area contributed by atoms with Gasteiger partial charge in [-0.2, -0.15) is 0 Å². The van der Waals surface area contributed by atoms with Gasteiger partial charge in [-0.15, -0.1) is 10.2 Å². The predicted octanol–water partition coefficient (Wildman–Crippen LogP) is 4.96. The number of hydrogen-bond acceptors (Lipinski definition) is 5. The number of rotatable bonds is 4. The highest BCUT2D eigenvalue weighted by atomic mass is 32.1. The summed E-state index contributed by atoms with van der Waals surface area (Å²) >= 11 is 1.29. The lowest BCUT2D eigenvalue weighted by molar-refractivity contribution is 0.102. The number of nitrogens with one attached hydrogen (secondary N) is 2. The molecule has 1 fully saturated rings. The number of nitrogens with zero attached hydrogens (tertiary/aromatic N) is 3. The van der Waals surface area contributed by atoms with Gasteiger partial charge in [-0.1, -0.05) is 35.1 Å². The van der Waals surface area contributed by atoms with E-state index in [0.717, 1.165) is 23.4 Å². The number of aromatic nitrogens is 2. The minimum absolute atomic E-state index is 0.147. The van der Waals surface area contributed by atoms with E-state index in [1.54, 1.807) is 24.0 Å². The largest absolute Gasteiger partial charge is 0.324 e. The van der Waals surface area contributed by atoms with E-state index in [1.165, 1.54) is 17.4 Å². The molecule has 1 aromatic heterocycles. The van der Waals surface area contributed by atoms with Crippen molar-refractivity contribution in [2.45, 2.75) is 32.6 Å². The Labute approximate surface area is 189 Å². The molecule has 2 N–H and O–H groups in total. The highest BCUT2D eigenvalue weighted by Crippen LogP contribution is 2.30. The number of carbonyl (C=O) groups excluding carboxylic acids is 2. The summed E-state index contributed by atoms with van der Waals surface area (Å²) in [6.07, 6.45) is 1.45. The zero-order valence-electron chi connectivity index (χ0n) is 17.9. The van der Waals surface area contributed by atoms with Gasteiger partial charge in [-0.3, -0.25) is 4.79 Å². The topological polar surface area (TPSA) is 87.2 Å². The van der Waals surface area contributed by atoms with Gasteiger partial charge >= 0.3 is 6.03 Å². The van der Waals surface area contributed by atoms with E-state index in [1.807, 2.05) is 31.2 Å². The maximum atomic E-state index is 13.7. The van der Waals surface area contributed by atoms with Crippen molar-refractivity contribution in [3.63, 3.8) is 0 Å². The number of aryl methyl sites for hydroxylation is 2. The molecule has 3 amide bonds. The van der Waals surface area contributed by atoms with Crippen LogP contribution < -0.4 is 10.6 Å². The summed E-state index contributed by atoms with van der Waals surface area (Å²) in [6, 6.07) is 12.0. The smallest absolute Gasteiger partial charge is 0.321 e. The molecule has 2 heterocycles. The molecule has 3 aromatic rings. The number of benzene rings is 2. The van der Waals surface area contributed by atoms with Crippen LogP contribution in [0.15, 0.2) is 42.5 Å². The standard InChI is InChI=1S/C23H24FN5O2S/c1-14-3-6-17(7-4-14)25-20(30)22-28-27-21(32-22)16-9-11-29(12-10-16)23(31)26-18-8-5-15(2)19(24)13-18/h3-8,13,16H,9-12H2,1-2H3,(H,25,30)(H,26,31). The highest BCUT2D eigenvalue weighted by Gasteiger charge is 2.27. The number of piperidine rings is 1. The average molecular weight is 454 g/mol. The Balaban J connectivity index is 1.31. The summed E-state index contributed by atoms with van der Waals surface area (Å²) in [7, 11) is 0. The van der Waals surface area contributed by atoms with Crippen LogP contribution in [0.25, 0.3) is 0 Å². The van der Waals surface area contributed by atoms with E-state index in [2.05, 4.69) is 20.8 Å². The Kier molecular flexibility index (Phi) is 6.45. The van der Waals surface area contributed by atoms with Crippen LogP contribution in [0.5, 0.6) is 0 Å². The van der Waals surface area contributed by atoms with Crippen LogP contribution in [0.3, 0.4) is 0 Å². The maximum Gasteiger partial charge on any atom is 0.321 e. The molecule has 166 valence electrons. The quantitative estimate of drug-likeness (QED) is 0.585. The number of amides is 3. The zero-order chi connectivity index (χ0) is 22.7. The first kappa shape index (κ1) is 21.9. The molecular weight excluding hydrogens is 429 g/mol. The molecular formula is C23H24FN5O2S. The number of halogens is 1. The van der Waals surface area contributed by atoms with Crippen molar-refractivity contribution in [1.82, 2.24) is 15.1 Å². The summed E-state index contributed by atoms with van der Waals surface area (Å²) in [6.45, 7) is 4.77. The Morgan fingerprint density at radius 1 is 1.00 bits per heavy atom. The molecule has 0 radical (unpaired) electrons. The molecule has 0 atom stereocenters. The fraction of sp³-hybridized carbons (Fsp3) is 0.304. The van der Waals surface area contributed by atoms with Crippen LogP contribution in [-0.2, 0) is 0 Å². The van der Waals surface area contributed by atoms with Crippen molar-refractivity contribution in [1.29, 1.82) is 0 Å². The van der Waals surface area contributed by atoms with Crippen LogP contribution in [-0.4, -0.2) is 40.1 Å². The fourth-order valence-corrected chi connectivity index (χ4v) is 4.42. The van der Waals surface area contributed by atoms with Gasteiger partial charge < -0.3 is 15.5 Å². The molecule has 7 nitrogen and oxygen atoms in total. The first-order valence-corrected chi connectivity index (χ1v) is 11.2. The number of carbonyl (C=O) groups is 2. The molecule has 0 aliphatic carbocycles. The van der Waals surface area contributed by atoms with Gasteiger partial charge in [0.05, 0.1) is 0 Å². The number of likely N-dealkylation sites (tertiary alicyclic amines) is 1. The van der Waals surface area contributed by atoms with Gasteiger partial charge in [0.25, 0.3) is 5.91 Å². The summed E-state index contributed by atoms with van der Waals surface area (Å²) < 4.78 is 13.7. The van der Waals surface area contributed by atoms with Crippen molar-refractivity contribution < 1.29 is 14.0 Å². The van der Waals surface area contributed by atoms with Crippen LogP contribution >= 0.6 is 11.3 Å². The van der Waals surface area contributed by atoms with Crippen LogP contribution in [0.1, 0.15) is 44.7 Å². The van der Waals surface area contributed by atoms with E-state index in [4.69, 9.17) is 0 Å². The van der Waals surface area contributed by atoms with Gasteiger partial charge in [0, 0.05) is 30.4 Å². The molecule has 2 aromatic carbocycles. The molecule has 1 saturated heterocycles. The molecule has 9 heteroatoms. The normalized spacial score (nSPS) is 14.3. The minimum Gasteiger partial charge on any atom is -0.324 e. The molecule has 1 aliphatic rings. The van der Waals surface area contributed by atoms with Crippen molar-refractivity contribution in [3.05, 3.63) is 69.4 Å². The monoisotopic (exact) mass is 453 g/mol. The Hall–Kier alpha value is -3.33. The molecule has 32 heavy (non-hydrogen) atoms. The van der Waals surface area contributed by atoms with Gasteiger partial charge in [0.1, 0.15) is 10.8 Å². The lowest BCUT2D eigenvalue weighted by Gasteiger charge is -2.31. The Morgan fingerprint density at radius 3 is 2.38 bits per heavy atom. The second-order valence-electron chi connectivity index (χ2n) is 7.92. The Morgan fingerprint density at radius 2 is 1.69 bits per heavy atom. The van der Waals surface area contributed by atoms with E-state index in [0.29, 0.717) is 35.0 Å². The summed E-state index contributed by atoms with van der Waals surface area (Å²) in [4.78, 5) is 26.7. The molecule has 0 bridgehead atoms. The lowest BCUT2D eigenvalue weighted by atomic mass is 9.98. The maximum absolute atomic E-state index is 13.7. The van der Waals surface area contributed by atoms with Crippen LogP contribution in [0, 0.1) is 19.7 Å². The molecule has 0 spiro atoms. The fourth-order valence-electron chi connectivity index (χ4n) is 3.52. The van der Waals surface area contributed by atoms with Crippen molar-refractivity contribution >= 4 is 34.6 Å². The summed E-state index contributed by atoms with van der Waals surface area (Å²) in [5, 5.41) is 15.0. The van der Waals surface area contributed by atoms with Gasteiger partial charge in [0.2, 0.25) is 5.01 Å².